The second-order valence-corrected chi connectivity index (χ2v) is 8.66. The summed E-state index contributed by atoms with van der Waals surface area (Å²) in [5.74, 6) is 0.690. The summed E-state index contributed by atoms with van der Waals surface area (Å²) in [6.07, 6.45) is 6.21. The highest BCUT2D eigenvalue weighted by molar-refractivity contribution is 5.61. The summed E-state index contributed by atoms with van der Waals surface area (Å²) in [4.78, 5) is 15.2. The number of ether oxygens (including phenoxy) is 2. The van der Waals surface area contributed by atoms with E-state index in [4.69, 9.17) is 9.47 Å². The number of fused-ring (bicyclic) bond motifs is 2. The van der Waals surface area contributed by atoms with Crippen LogP contribution in [0, 0.1) is 0 Å². The lowest BCUT2D eigenvalue weighted by atomic mass is 10.2. The van der Waals surface area contributed by atoms with E-state index in [9.17, 15) is 4.79 Å². The second kappa shape index (κ2) is 8.46. The molecule has 8 nitrogen and oxygen atoms in total. The van der Waals surface area contributed by atoms with Gasteiger partial charge < -0.3 is 14.4 Å². The van der Waals surface area contributed by atoms with Gasteiger partial charge >= 0.3 is 0 Å². The Morgan fingerprint density at radius 2 is 1.76 bits per heavy atom. The lowest BCUT2D eigenvalue weighted by Crippen LogP contribution is -2.42. The summed E-state index contributed by atoms with van der Waals surface area (Å²) in [6, 6.07) is 19.1. The summed E-state index contributed by atoms with van der Waals surface area (Å²) in [6.45, 7) is 1.78. The fourth-order valence-electron chi connectivity index (χ4n) is 4.85. The van der Waals surface area contributed by atoms with Crippen LogP contribution in [-0.2, 0) is 4.74 Å². The smallest absolute Gasteiger partial charge is 0.209 e. The van der Waals surface area contributed by atoms with E-state index in [1.165, 1.54) is 6.07 Å². The summed E-state index contributed by atoms with van der Waals surface area (Å²) < 4.78 is 15.1. The van der Waals surface area contributed by atoms with E-state index in [-0.39, 0.29) is 5.43 Å². The molecule has 0 radical (unpaired) electrons. The predicted molar refractivity (Wildman–Crippen MR) is 129 cm³/mol. The van der Waals surface area contributed by atoms with Gasteiger partial charge in [0.15, 0.2) is 5.69 Å². The highest BCUT2D eigenvalue weighted by atomic mass is 16.5. The van der Waals surface area contributed by atoms with Gasteiger partial charge in [0, 0.05) is 37.1 Å². The molecule has 2 aromatic heterocycles. The molecular formula is C26H25N5O3. The van der Waals surface area contributed by atoms with Crippen molar-refractivity contribution in [3.63, 3.8) is 0 Å². The van der Waals surface area contributed by atoms with Crippen LogP contribution in [0.3, 0.4) is 0 Å². The zero-order valence-electron chi connectivity index (χ0n) is 18.9. The molecule has 0 saturated carbocycles. The Morgan fingerprint density at radius 3 is 2.53 bits per heavy atom. The van der Waals surface area contributed by atoms with Gasteiger partial charge in [-0.05, 0) is 43.2 Å². The molecule has 0 amide bonds. The number of morpholine rings is 1. The molecule has 4 heterocycles. The Hall–Kier alpha value is -3.91. The van der Waals surface area contributed by atoms with Crippen LogP contribution >= 0.6 is 0 Å². The summed E-state index contributed by atoms with van der Waals surface area (Å²) in [7, 11) is 1.65. The topological polar surface area (TPSA) is 74.4 Å². The molecule has 6 rings (SSSR count). The molecule has 2 unspecified atom stereocenters. The number of aromatic nitrogens is 4. The van der Waals surface area contributed by atoms with Crippen molar-refractivity contribution in [1.82, 2.24) is 19.6 Å². The Bertz CT molecular complexity index is 1370. The maximum Gasteiger partial charge on any atom is 0.209 e. The van der Waals surface area contributed by atoms with Crippen molar-refractivity contribution >= 4 is 5.69 Å². The molecule has 172 valence electrons. The van der Waals surface area contributed by atoms with Gasteiger partial charge in [0.25, 0.3) is 0 Å². The summed E-state index contributed by atoms with van der Waals surface area (Å²) in [5, 5.41) is 9.09. The van der Waals surface area contributed by atoms with E-state index < -0.39 is 0 Å². The van der Waals surface area contributed by atoms with Crippen molar-refractivity contribution in [2.24, 2.45) is 0 Å². The monoisotopic (exact) mass is 455 g/mol. The van der Waals surface area contributed by atoms with Crippen molar-refractivity contribution in [1.29, 1.82) is 0 Å². The number of anilines is 1. The molecule has 0 N–H and O–H groups in total. The van der Waals surface area contributed by atoms with Crippen LogP contribution in [0.5, 0.6) is 5.75 Å². The van der Waals surface area contributed by atoms with Crippen LogP contribution in [0.15, 0.2) is 77.9 Å². The Morgan fingerprint density at radius 1 is 0.971 bits per heavy atom. The third-order valence-corrected chi connectivity index (χ3v) is 6.51. The molecule has 2 atom stereocenters. The van der Waals surface area contributed by atoms with Crippen LogP contribution in [0.2, 0.25) is 0 Å². The van der Waals surface area contributed by atoms with Gasteiger partial charge in [-0.2, -0.15) is 10.2 Å². The zero-order valence-corrected chi connectivity index (χ0v) is 18.9. The van der Waals surface area contributed by atoms with Gasteiger partial charge in [-0.15, -0.1) is 0 Å². The van der Waals surface area contributed by atoms with Crippen molar-refractivity contribution in [2.75, 3.05) is 25.1 Å². The number of benzene rings is 2. The molecule has 8 heteroatoms. The van der Waals surface area contributed by atoms with Crippen molar-refractivity contribution in [2.45, 2.75) is 25.0 Å². The first-order chi connectivity index (χ1) is 16.7. The van der Waals surface area contributed by atoms with Gasteiger partial charge in [0.1, 0.15) is 11.4 Å². The average Bonchev–Trinajstić information content (AvgIpc) is 3.50. The number of para-hydroxylation sites is 1. The van der Waals surface area contributed by atoms with Gasteiger partial charge in [0.05, 0.1) is 36.9 Å². The molecule has 0 spiro atoms. The molecule has 2 bridgehead atoms. The molecule has 2 fully saturated rings. The van der Waals surface area contributed by atoms with Gasteiger partial charge in [-0.25, -0.2) is 9.36 Å². The van der Waals surface area contributed by atoms with E-state index >= 15 is 0 Å². The van der Waals surface area contributed by atoms with Crippen LogP contribution in [-0.4, -0.2) is 52.0 Å². The summed E-state index contributed by atoms with van der Waals surface area (Å²) >= 11 is 0. The third-order valence-electron chi connectivity index (χ3n) is 6.51. The molecule has 34 heavy (non-hydrogen) atoms. The van der Waals surface area contributed by atoms with Crippen LogP contribution in [0.25, 0.3) is 22.8 Å². The lowest BCUT2D eigenvalue weighted by molar-refractivity contribution is 0.0305. The van der Waals surface area contributed by atoms with E-state index in [1.54, 1.807) is 34.9 Å². The van der Waals surface area contributed by atoms with E-state index in [0.717, 1.165) is 43.0 Å². The first-order valence-electron chi connectivity index (χ1n) is 11.5. The first kappa shape index (κ1) is 20.7. The fourth-order valence-corrected chi connectivity index (χ4v) is 4.85. The second-order valence-electron chi connectivity index (χ2n) is 8.66. The largest absolute Gasteiger partial charge is 0.494 e. The first-order valence-corrected chi connectivity index (χ1v) is 11.5. The fraction of sp³-hybridized carbons (Fsp3) is 0.269. The highest BCUT2D eigenvalue weighted by Gasteiger charge is 2.34. The number of hydrogen-bond acceptors (Lipinski definition) is 6. The van der Waals surface area contributed by atoms with Crippen molar-refractivity contribution in [3.8, 4) is 28.5 Å². The standard InChI is InChI=1S/C26H25N5O3/c1-33-25-15-19(29-16-20-8-9-21(17-29)34-20)7-10-22(25)30-14-12-24(32)26(28-30)23-11-13-27-31(23)18-5-3-2-4-6-18/h2-7,10-15,20-21H,8-9,16-17H2,1H3. The quantitative estimate of drug-likeness (QED) is 0.459. The van der Waals surface area contributed by atoms with Crippen LogP contribution in [0.1, 0.15) is 12.8 Å². The van der Waals surface area contributed by atoms with E-state index in [0.29, 0.717) is 29.3 Å². The van der Waals surface area contributed by atoms with Crippen LogP contribution < -0.4 is 15.1 Å². The average molecular weight is 456 g/mol. The van der Waals surface area contributed by atoms with Gasteiger partial charge in [-0.3, -0.25) is 4.79 Å². The molecule has 2 saturated heterocycles. The van der Waals surface area contributed by atoms with Crippen molar-refractivity contribution < 1.29 is 9.47 Å². The maximum atomic E-state index is 12.8. The molecular weight excluding hydrogens is 430 g/mol. The molecule has 4 aromatic rings. The summed E-state index contributed by atoms with van der Waals surface area (Å²) in [5.41, 5.74) is 3.50. The van der Waals surface area contributed by atoms with Crippen molar-refractivity contribution in [3.05, 3.63) is 83.3 Å². The highest BCUT2D eigenvalue weighted by Crippen LogP contribution is 2.33. The SMILES string of the molecule is COc1cc(N2CC3CCC(C2)O3)ccc1-n1ccc(=O)c(-c2ccnn2-c2ccccc2)n1. The van der Waals surface area contributed by atoms with Gasteiger partial charge in [-0.1, -0.05) is 18.2 Å². The maximum absolute atomic E-state index is 12.8. The minimum Gasteiger partial charge on any atom is -0.494 e. The predicted octanol–water partition coefficient (Wildman–Crippen LogP) is 3.46. The normalized spacial score (nSPS) is 19.4. The zero-order chi connectivity index (χ0) is 23.1. The van der Waals surface area contributed by atoms with Crippen LogP contribution in [0.4, 0.5) is 5.69 Å². The van der Waals surface area contributed by atoms with E-state index in [1.807, 2.05) is 42.5 Å². The molecule has 2 aliphatic rings. The third kappa shape index (κ3) is 3.66. The molecule has 2 aromatic carbocycles. The van der Waals surface area contributed by atoms with E-state index in [2.05, 4.69) is 21.2 Å². The molecule has 0 aliphatic carbocycles. The lowest BCUT2D eigenvalue weighted by Gasteiger charge is -2.34. The number of methoxy groups -OCH3 is 1. The number of rotatable bonds is 5. The molecule has 2 aliphatic heterocycles. The minimum atomic E-state index is -0.173. The number of hydrogen-bond donors (Lipinski definition) is 0. The minimum absolute atomic E-state index is 0.173. The van der Waals surface area contributed by atoms with Gasteiger partial charge in [0.2, 0.25) is 5.43 Å². The Labute approximate surface area is 197 Å². The number of nitrogens with zero attached hydrogens (tertiary/aromatic N) is 5. The Kier molecular flexibility index (Phi) is 5.15. The Balaban J connectivity index is 1.37.